The summed E-state index contributed by atoms with van der Waals surface area (Å²) in [5.41, 5.74) is 5.49. The fourth-order valence-corrected chi connectivity index (χ4v) is 1.33. The number of primary amides is 1. The van der Waals surface area contributed by atoms with Crippen molar-refractivity contribution < 1.29 is 9.90 Å². The van der Waals surface area contributed by atoms with Crippen LogP contribution in [0.3, 0.4) is 0 Å². The summed E-state index contributed by atoms with van der Waals surface area (Å²) in [5, 5.41) is 13.3. The molecule has 4 nitrogen and oxygen atoms in total. The molecule has 0 saturated heterocycles. The number of benzene rings is 1. The third-order valence-electron chi connectivity index (χ3n) is 3.50. The molecule has 0 aliphatic carbocycles. The number of aliphatic hydroxyl groups is 1. The highest BCUT2D eigenvalue weighted by Gasteiger charge is 2.34. The first-order valence-electron chi connectivity index (χ1n) is 5.99. The smallest absolute Gasteiger partial charge is 0.248 e. The second kappa shape index (κ2) is 5.08. The Labute approximate surface area is 108 Å². The number of rotatable bonds is 5. The Morgan fingerprint density at radius 1 is 1.22 bits per heavy atom. The molecule has 0 atom stereocenters. The Kier molecular flexibility index (Phi) is 4.14. The Morgan fingerprint density at radius 2 is 1.72 bits per heavy atom. The van der Waals surface area contributed by atoms with Gasteiger partial charge in [0, 0.05) is 17.6 Å². The molecule has 4 heteroatoms. The SMILES string of the molecule is CC(C)(O)C(C)(C)NCc1ccc(C(N)=O)cc1. The van der Waals surface area contributed by atoms with Crippen molar-refractivity contribution in [3.8, 4) is 0 Å². The van der Waals surface area contributed by atoms with Gasteiger partial charge in [-0.05, 0) is 45.4 Å². The van der Waals surface area contributed by atoms with Crippen LogP contribution < -0.4 is 11.1 Å². The van der Waals surface area contributed by atoms with E-state index in [1.165, 1.54) is 0 Å². The molecule has 0 aliphatic rings. The molecule has 0 fully saturated rings. The van der Waals surface area contributed by atoms with Gasteiger partial charge in [0.05, 0.1) is 5.60 Å². The zero-order chi connectivity index (χ0) is 14.0. The third kappa shape index (κ3) is 3.55. The Balaban J connectivity index is 2.67. The van der Waals surface area contributed by atoms with Crippen LogP contribution in [0.4, 0.5) is 0 Å². The van der Waals surface area contributed by atoms with E-state index in [1.807, 2.05) is 26.0 Å². The second-order valence-corrected chi connectivity index (χ2v) is 5.60. The van der Waals surface area contributed by atoms with E-state index in [0.29, 0.717) is 12.1 Å². The molecule has 4 N–H and O–H groups in total. The number of hydrogen-bond donors (Lipinski definition) is 3. The lowest BCUT2D eigenvalue weighted by atomic mass is 9.86. The van der Waals surface area contributed by atoms with Crippen LogP contribution in [0.15, 0.2) is 24.3 Å². The lowest BCUT2D eigenvalue weighted by Crippen LogP contribution is -2.55. The Bertz CT molecular complexity index is 416. The Hall–Kier alpha value is -1.39. The summed E-state index contributed by atoms with van der Waals surface area (Å²) >= 11 is 0. The number of hydrogen-bond acceptors (Lipinski definition) is 3. The standard InChI is InChI=1S/C14H22N2O2/c1-13(2,14(3,4)18)16-9-10-5-7-11(8-6-10)12(15)17/h5-8,16,18H,9H2,1-4H3,(H2,15,17). The van der Waals surface area contributed by atoms with Gasteiger partial charge in [0.25, 0.3) is 0 Å². The molecule has 100 valence electrons. The van der Waals surface area contributed by atoms with Gasteiger partial charge in [0.2, 0.25) is 5.91 Å². The van der Waals surface area contributed by atoms with Gasteiger partial charge < -0.3 is 16.2 Å². The monoisotopic (exact) mass is 250 g/mol. The van der Waals surface area contributed by atoms with E-state index in [1.54, 1.807) is 26.0 Å². The predicted molar refractivity (Wildman–Crippen MR) is 72.2 cm³/mol. The van der Waals surface area contributed by atoms with Crippen molar-refractivity contribution in [3.05, 3.63) is 35.4 Å². The maximum absolute atomic E-state index is 10.9. The van der Waals surface area contributed by atoms with Gasteiger partial charge in [-0.2, -0.15) is 0 Å². The summed E-state index contributed by atoms with van der Waals surface area (Å²) in [6.07, 6.45) is 0. The summed E-state index contributed by atoms with van der Waals surface area (Å²) in [4.78, 5) is 10.9. The molecule has 0 unspecified atom stereocenters. The summed E-state index contributed by atoms with van der Waals surface area (Å²) in [7, 11) is 0. The molecule has 0 heterocycles. The fraction of sp³-hybridized carbons (Fsp3) is 0.500. The summed E-state index contributed by atoms with van der Waals surface area (Å²) in [6, 6.07) is 7.12. The summed E-state index contributed by atoms with van der Waals surface area (Å²) in [5.74, 6) is -0.425. The number of carbonyl (C=O) groups excluding carboxylic acids is 1. The van der Waals surface area contributed by atoms with Crippen molar-refractivity contribution in [3.63, 3.8) is 0 Å². The minimum absolute atomic E-state index is 0.407. The molecule has 0 spiro atoms. The number of nitrogens with one attached hydrogen (secondary N) is 1. The highest BCUT2D eigenvalue weighted by atomic mass is 16.3. The van der Waals surface area contributed by atoms with Crippen molar-refractivity contribution in [2.45, 2.75) is 45.4 Å². The van der Waals surface area contributed by atoms with Crippen molar-refractivity contribution in [2.75, 3.05) is 0 Å². The van der Waals surface area contributed by atoms with E-state index in [2.05, 4.69) is 5.32 Å². The van der Waals surface area contributed by atoms with Crippen LogP contribution in [-0.4, -0.2) is 22.2 Å². The van der Waals surface area contributed by atoms with Crippen molar-refractivity contribution >= 4 is 5.91 Å². The molecule has 0 aromatic heterocycles. The maximum atomic E-state index is 10.9. The lowest BCUT2D eigenvalue weighted by Gasteiger charge is -2.38. The van der Waals surface area contributed by atoms with Crippen molar-refractivity contribution in [2.24, 2.45) is 5.73 Å². The third-order valence-corrected chi connectivity index (χ3v) is 3.50. The molecule has 0 saturated carbocycles. The first-order chi connectivity index (χ1) is 8.13. The number of carbonyl (C=O) groups is 1. The maximum Gasteiger partial charge on any atom is 0.248 e. The van der Waals surface area contributed by atoms with Crippen LogP contribution in [-0.2, 0) is 6.54 Å². The average Bonchev–Trinajstić information content (AvgIpc) is 2.25. The first kappa shape index (κ1) is 14.7. The van der Waals surface area contributed by atoms with Crippen LogP contribution in [0.5, 0.6) is 0 Å². The molecular weight excluding hydrogens is 228 g/mol. The normalized spacial score (nSPS) is 12.5. The lowest BCUT2D eigenvalue weighted by molar-refractivity contribution is -0.00531. The molecule has 18 heavy (non-hydrogen) atoms. The predicted octanol–water partition coefficient (Wildman–Crippen LogP) is 1.42. The van der Waals surface area contributed by atoms with Crippen LogP contribution in [0.1, 0.15) is 43.6 Å². The second-order valence-electron chi connectivity index (χ2n) is 5.60. The van der Waals surface area contributed by atoms with Gasteiger partial charge in [-0.25, -0.2) is 0 Å². The fourth-order valence-electron chi connectivity index (χ4n) is 1.33. The van der Waals surface area contributed by atoms with Crippen LogP contribution >= 0.6 is 0 Å². The highest BCUT2D eigenvalue weighted by Crippen LogP contribution is 2.21. The minimum atomic E-state index is -0.819. The van der Waals surface area contributed by atoms with Gasteiger partial charge in [0.1, 0.15) is 0 Å². The van der Waals surface area contributed by atoms with Crippen molar-refractivity contribution in [1.82, 2.24) is 5.32 Å². The topological polar surface area (TPSA) is 75.3 Å². The Morgan fingerprint density at radius 3 is 2.11 bits per heavy atom. The van der Waals surface area contributed by atoms with Gasteiger partial charge >= 0.3 is 0 Å². The number of nitrogens with two attached hydrogens (primary N) is 1. The van der Waals surface area contributed by atoms with Gasteiger partial charge in [-0.1, -0.05) is 12.1 Å². The zero-order valence-electron chi connectivity index (χ0n) is 11.4. The number of amides is 1. The van der Waals surface area contributed by atoms with E-state index in [4.69, 9.17) is 5.73 Å². The van der Waals surface area contributed by atoms with E-state index in [-0.39, 0.29) is 0 Å². The zero-order valence-corrected chi connectivity index (χ0v) is 11.4. The largest absolute Gasteiger partial charge is 0.389 e. The van der Waals surface area contributed by atoms with Gasteiger partial charge in [0.15, 0.2) is 0 Å². The quantitative estimate of drug-likeness (QED) is 0.740. The molecular formula is C14H22N2O2. The summed E-state index contributed by atoms with van der Waals surface area (Å²) in [6.45, 7) is 8.07. The first-order valence-corrected chi connectivity index (χ1v) is 5.99. The van der Waals surface area contributed by atoms with E-state index >= 15 is 0 Å². The minimum Gasteiger partial charge on any atom is -0.389 e. The van der Waals surface area contributed by atoms with Crippen LogP contribution in [0, 0.1) is 0 Å². The van der Waals surface area contributed by atoms with Gasteiger partial charge in [-0.15, -0.1) is 0 Å². The highest BCUT2D eigenvalue weighted by molar-refractivity contribution is 5.92. The average molecular weight is 250 g/mol. The molecule has 1 amide bonds. The summed E-state index contributed by atoms with van der Waals surface area (Å²) < 4.78 is 0. The van der Waals surface area contributed by atoms with E-state index in [0.717, 1.165) is 5.56 Å². The molecule has 1 aromatic rings. The molecule has 0 aliphatic heterocycles. The molecule has 1 aromatic carbocycles. The van der Waals surface area contributed by atoms with Crippen LogP contribution in [0.25, 0.3) is 0 Å². The van der Waals surface area contributed by atoms with Crippen molar-refractivity contribution in [1.29, 1.82) is 0 Å². The molecule has 0 radical (unpaired) electrons. The molecule has 1 rings (SSSR count). The van der Waals surface area contributed by atoms with E-state index in [9.17, 15) is 9.90 Å². The van der Waals surface area contributed by atoms with E-state index < -0.39 is 17.0 Å². The van der Waals surface area contributed by atoms with Gasteiger partial charge in [-0.3, -0.25) is 4.79 Å². The molecule has 0 bridgehead atoms. The van der Waals surface area contributed by atoms with Crippen LogP contribution in [0.2, 0.25) is 0 Å².